The fourth-order valence-electron chi connectivity index (χ4n) is 2.06. The van der Waals surface area contributed by atoms with Crippen molar-refractivity contribution < 1.29 is 9.53 Å². The number of methoxy groups -OCH3 is 1. The molecule has 0 saturated carbocycles. The zero-order chi connectivity index (χ0) is 16.1. The van der Waals surface area contributed by atoms with Crippen molar-refractivity contribution in [1.29, 1.82) is 0 Å². The summed E-state index contributed by atoms with van der Waals surface area (Å²) in [5.74, 6) is 0.666. The van der Waals surface area contributed by atoms with Crippen LogP contribution in [0.3, 0.4) is 0 Å². The molecular formula is C17H19N3O2. The van der Waals surface area contributed by atoms with Crippen molar-refractivity contribution in [3.8, 4) is 17.3 Å². The maximum Gasteiger partial charge on any atom is 0.228 e. The second-order valence-corrected chi connectivity index (χ2v) is 5.09. The summed E-state index contributed by atoms with van der Waals surface area (Å²) in [5, 5.41) is 0. The minimum atomic E-state index is -0.148. The van der Waals surface area contributed by atoms with Crippen LogP contribution in [0.15, 0.2) is 48.3 Å². The molecule has 0 aliphatic rings. The van der Waals surface area contributed by atoms with Crippen LogP contribution >= 0.6 is 0 Å². The smallest absolute Gasteiger partial charge is 0.228 e. The van der Waals surface area contributed by atoms with Crippen molar-refractivity contribution in [1.82, 2.24) is 14.9 Å². The number of hydrogen-bond acceptors (Lipinski definition) is 5. The molecule has 0 bridgehead atoms. The van der Waals surface area contributed by atoms with Gasteiger partial charge < -0.3 is 9.64 Å². The molecule has 0 radical (unpaired) electrons. The van der Waals surface area contributed by atoms with Gasteiger partial charge in [-0.25, -0.2) is 4.98 Å². The van der Waals surface area contributed by atoms with Crippen molar-refractivity contribution in [3.05, 3.63) is 53.9 Å². The standard InChI is InChI=1S/C17H19N3O2/c1-12(11-20(2)3)15(21)14-10-18-16(19-17(14)22-4)13-8-6-5-7-9-13/h5-11H,1-4H3. The van der Waals surface area contributed by atoms with Crippen LogP contribution in [0, 0.1) is 0 Å². The highest BCUT2D eigenvalue weighted by molar-refractivity contribution is 6.09. The van der Waals surface area contributed by atoms with Crippen molar-refractivity contribution in [3.63, 3.8) is 0 Å². The average molecular weight is 297 g/mol. The summed E-state index contributed by atoms with van der Waals surface area (Å²) in [6.45, 7) is 1.76. The zero-order valence-corrected chi connectivity index (χ0v) is 13.2. The Morgan fingerprint density at radius 2 is 1.91 bits per heavy atom. The summed E-state index contributed by atoms with van der Waals surface area (Å²) in [4.78, 5) is 22.9. The van der Waals surface area contributed by atoms with E-state index in [9.17, 15) is 4.79 Å². The van der Waals surface area contributed by atoms with Crippen LogP contribution in [0.1, 0.15) is 17.3 Å². The summed E-state index contributed by atoms with van der Waals surface area (Å²) in [6, 6.07) is 9.57. The van der Waals surface area contributed by atoms with Gasteiger partial charge in [-0.05, 0) is 6.92 Å². The molecule has 0 spiro atoms. The molecule has 2 aromatic rings. The Kier molecular flexibility index (Phi) is 4.88. The first-order valence-electron chi connectivity index (χ1n) is 6.89. The molecule has 114 valence electrons. The third kappa shape index (κ3) is 3.49. The van der Waals surface area contributed by atoms with E-state index in [-0.39, 0.29) is 11.7 Å². The number of rotatable bonds is 5. The van der Waals surface area contributed by atoms with Gasteiger partial charge in [-0.15, -0.1) is 0 Å². The van der Waals surface area contributed by atoms with Gasteiger partial charge in [-0.2, -0.15) is 4.98 Å². The largest absolute Gasteiger partial charge is 0.480 e. The Hall–Kier alpha value is -2.69. The van der Waals surface area contributed by atoms with Gasteiger partial charge >= 0.3 is 0 Å². The van der Waals surface area contributed by atoms with Gasteiger partial charge in [-0.3, -0.25) is 4.79 Å². The van der Waals surface area contributed by atoms with Crippen LogP contribution in [0.5, 0.6) is 5.88 Å². The molecule has 1 aromatic heterocycles. The summed E-state index contributed by atoms with van der Waals surface area (Å²) in [7, 11) is 5.23. The molecule has 0 aliphatic heterocycles. The summed E-state index contributed by atoms with van der Waals surface area (Å²) in [5.41, 5.74) is 1.83. The lowest BCUT2D eigenvalue weighted by Gasteiger charge is -2.10. The molecule has 1 aromatic carbocycles. The molecule has 5 heteroatoms. The lowest BCUT2D eigenvalue weighted by atomic mass is 10.1. The van der Waals surface area contributed by atoms with Crippen LogP contribution in [-0.2, 0) is 0 Å². The number of benzene rings is 1. The number of ketones is 1. The highest BCUT2D eigenvalue weighted by atomic mass is 16.5. The SMILES string of the molecule is COc1nc(-c2ccccc2)ncc1C(=O)C(C)=CN(C)C. The molecule has 0 amide bonds. The van der Waals surface area contributed by atoms with Crippen LogP contribution in [0.4, 0.5) is 0 Å². The number of carbonyl (C=O) groups excluding carboxylic acids is 1. The Labute approximate surface area is 130 Å². The Bertz CT molecular complexity index is 694. The molecule has 1 heterocycles. The van der Waals surface area contributed by atoms with Gasteiger partial charge in [0.25, 0.3) is 0 Å². The number of Topliss-reactive ketones (excluding diaryl/α,β-unsaturated/α-hetero) is 1. The van der Waals surface area contributed by atoms with E-state index in [1.165, 1.54) is 13.3 Å². The number of allylic oxidation sites excluding steroid dienone is 1. The Morgan fingerprint density at radius 3 is 2.50 bits per heavy atom. The number of carbonyl (C=O) groups is 1. The molecule has 0 unspecified atom stereocenters. The summed E-state index contributed by atoms with van der Waals surface area (Å²) in [6.07, 6.45) is 3.27. The van der Waals surface area contributed by atoms with Gasteiger partial charge in [0.05, 0.1) is 7.11 Å². The first kappa shape index (κ1) is 15.7. The molecule has 0 fully saturated rings. The molecule has 0 aliphatic carbocycles. The first-order chi connectivity index (χ1) is 10.5. The van der Waals surface area contributed by atoms with Crippen LogP contribution in [-0.4, -0.2) is 41.9 Å². The van der Waals surface area contributed by atoms with Gasteiger partial charge in [0.2, 0.25) is 5.88 Å². The van der Waals surface area contributed by atoms with Crippen molar-refractivity contribution in [2.75, 3.05) is 21.2 Å². The monoisotopic (exact) mass is 297 g/mol. The molecule has 22 heavy (non-hydrogen) atoms. The third-order valence-corrected chi connectivity index (χ3v) is 3.03. The fraction of sp³-hybridized carbons (Fsp3) is 0.235. The third-order valence-electron chi connectivity index (χ3n) is 3.03. The van der Waals surface area contributed by atoms with E-state index < -0.39 is 0 Å². The minimum absolute atomic E-state index is 0.148. The van der Waals surface area contributed by atoms with Crippen LogP contribution in [0.25, 0.3) is 11.4 Å². The first-order valence-corrected chi connectivity index (χ1v) is 6.89. The molecule has 0 atom stereocenters. The molecule has 0 N–H and O–H groups in total. The van der Waals surface area contributed by atoms with Crippen molar-refractivity contribution >= 4 is 5.78 Å². The fourth-order valence-corrected chi connectivity index (χ4v) is 2.06. The normalized spacial score (nSPS) is 11.2. The van der Waals surface area contributed by atoms with E-state index in [1.54, 1.807) is 13.1 Å². The summed E-state index contributed by atoms with van der Waals surface area (Å²) < 4.78 is 5.27. The second-order valence-electron chi connectivity index (χ2n) is 5.09. The van der Waals surface area contributed by atoms with E-state index in [0.29, 0.717) is 17.0 Å². The Balaban J connectivity index is 2.41. The van der Waals surface area contributed by atoms with Gasteiger partial charge in [-0.1, -0.05) is 30.3 Å². The number of ether oxygens (including phenoxy) is 1. The van der Waals surface area contributed by atoms with Crippen molar-refractivity contribution in [2.45, 2.75) is 6.92 Å². The quantitative estimate of drug-likeness (QED) is 0.627. The maximum atomic E-state index is 12.5. The maximum absolute atomic E-state index is 12.5. The predicted molar refractivity (Wildman–Crippen MR) is 85.8 cm³/mol. The van der Waals surface area contributed by atoms with Gasteiger partial charge in [0, 0.05) is 37.6 Å². The van der Waals surface area contributed by atoms with Gasteiger partial charge in [0.1, 0.15) is 5.56 Å². The summed E-state index contributed by atoms with van der Waals surface area (Å²) >= 11 is 0. The highest BCUT2D eigenvalue weighted by Gasteiger charge is 2.17. The topological polar surface area (TPSA) is 55.3 Å². The predicted octanol–water partition coefficient (Wildman–Crippen LogP) is 2.80. The molecule has 0 saturated heterocycles. The van der Waals surface area contributed by atoms with E-state index in [1.807, 2.05) is 49.3 Å². The van der Waals surface area contributed by atoms with E-state index in [0.717, 1.165) is 5.56 Å². The Morgan fingerprint density at radius 1 is 1.23 bits per heavy atom. The number of hydrogen-bond donors (Lipinski definition) is 0. The number of nitrogens with zero attached hydrogens (tertiary/aromatic N) is 3. The highest BCUT2D eigenvalue weighted by Crippen LogP contribution is 2.22. The zero-order valence-electron chi connectivity index (χ0n) is 13.2. The van der Waals surface area contributed by atoms with E-state index in [4.69, 9.17) is 4.74 Å². The second kappa shape index (κ2) is 6.85. The lowest BCUT2D eigenvalue weighted by Crippen LogP contribution is -2.10. The average Bonchev–Trinajstić information content (AvgIpc) is 2.53. The van der Waals surface area contributed by atoms with Crippen LogP contribution in [0.2, 0.25) is 0 Å². The van der Waals surface area contributed by atoms with Crippen molar-refractivity contribution in [2.24, 2.45) is 0 Å². The number of aromatic nitrogens is 2. The van der Waals surface area contributed by atoms with Gasteiger partial charge in [0.15, 0.2) is 11.6 Å². The minimum Gasteiger partial charge on any atom is -0.480 e. The van der Waals surface area contributed by atoms with Crippen LogP contribution < -0.4 is 4.74 Å². The molecular weight excluding hydrogens is 278 g/mol. The molecule has 5 nitrogen and oxygen atoms in total. The van der Waals surface area contributed by atoms with E-state index >= 15 is 0 Å². The lowest BCUT2D eigenvalue weighted by molar-refractivity contribution is 0.102. The molecule has 2 rings (SSSR count). The van der Waals surface area contributed by atoms with E-state index in [2.05, 4.69) is 9.97 Å².